The summed E-state index contributed by atoms with van der Waals surface area (Å²) in [6.45, 7) is 2.80. The molecule has 1 atom stereocenters. The number of hydrogen-bond acceptors (Lipinski definition) is 3. The number of hydrogen-bond donors (Lipinski definition) is 2. The first-order chi connectivity index (χ1) is 9.97. The third-order valence-corrected chi connectivity index (χ3v) is 3.54. The zero-order valence-electron chi connectivity index (χ0n) is 11.8. The van der Waals surface area contributed by atoms with E-state index in [1.54, 1.807) is 12.1 Å². The maximum Gasteiger partial charge on any atom is 0.308 e. The molecule has 6 nitrogen and oxygen atoms in total. The Bertz CT molecular complexity index is 553. The zero-order chi connectivity index (χ0) is 15.4. The van der Waals surface area contributed by atoms with E-state index in [0.29, 0.717) is 18.7 Å². The number of aliphatic carboxylic acids is 1. The van der Waals surface area contributed by atoms with E-state index in [4.69, 9.17) is 5.11 Å². The van der Waals surface area contributed by atoms with Crippen molar-refractivity contribution in [2.45, 2.75) is 13.3 Å². The van der Waals surface area contributed by atoms with Gasteiger partial charge in [-0.25, -0.2) is 0 Å². The molecule has 0 radical (unpaired) electrons. The lowest BCUT2D eigenvalue weighted by molar-refractivity contribution is -0.141. The van der Waals surface area contributed by atoms with Crippen LogP contribution >= 0.6 is 0 Å². The molecule has 21 heavy (non-hydrogen) atoms. The first-order valence-electron chi connectivity index (χ1n) is 6.83. The number of carbonyl (C=O) groups excluding carboxylic acids is 2. The predicted molar refractivity (Wildman–Crippen MR) is 75.8 cm³/mol. The Hall–Kier alpha value is -2.37. The van der Waals surface area contributed by atoms with E-state index in [0.717, 1.165) is 5.56 Å². The van der Waals surface area contributed by atoms with E-state index in [-0.39, 0.29) is 24.8 Å². The molecule has 6 heteroatoms. The van der Waals surface area contributed by atoms with E-state index in [9.17, 15) is 14.4 Å². The van der Waals surface area contributed by atoms with Crippen LogP contribution in [0.4, 0.5) is 0 Å². The maximum atomic E-state index is 11.9. The molecule has 0 bridgehead atoms. The molecule has 1 aliphatic rings. The fourth-order valence-electron chi connectivity index (χ4n) is 2.27. The van der Waals surface area contributed by atoms with Crippen LogP contribution in [-0.4, -0.2) is 47.4 Å². The van der Waals surface area contributed by atoms with Crippen LogP contribution in [0.3, 0.4) is 0 Å². The van der Waals surface area contributed by atoms with Gasteiger partial charge >= 0.3 is 5.97 Å². The average Bonchev–Trinajstić information content (AvgIpc) is 2.81. The Balaban J connectivity index is 1.79. The maximum absolute atomic E-state index is 11.9. The summed E-state index contributed by atoms with van der Waals surface area (Å²) in [6.07, 6.45) is 0.0429. The van der Waals surface area contributed by atoms with Crippen LogP contribution in [0.2, 0.25) is 0 Å². The van der Waals surface area contributed by atoms with Crippen molar-refractivity contribution < 1.29 is 19.5 Å². The van der Waals surface area contributed by atoms with Crippen molar-refractivity contribution in [3.63, 3.8) is 0 Å². The van der Waals surface area contributed by atoms with Crippen molar-refractivity contribution in [3.05, 3.63) is 35.4 Å². The number of nitrogens with one attached hydrogen (secondary N) is 1. The van der Waals surface area contributed by atoms with Crippen LogP contribution in [0.1, 0.15) is 22.3 Å². The van der Waals surface area contributed by atoms with Crippen LogP contribution in [-0.2, 0) is 9.59 Å². The van der Waals surface area contributed by atoms with Crippen LogP contribution in [0.15, 0.2) is 24.3 Å². The highest BCUT2D eigenvalue weighted by molar-refractivity contribution is 5.94. The van der Waals surface area contributed by atoms with Crippen LogP contribution in [0.5, 0.6) is 0 Å². The monoisotopic (exact) mass is 290 g/mol. The van der Waals surface area contributed by atoms with Gasteiger partial charge in [0.2, 0.25) is 5.91 Å². The van der Waals surface area contributed by atoms with Crippen molar-refractivity contribution >= 4 is 17.8 Å². The Morgan fingerprint density at radius 3 is 2.57 bits per heavy atom. The fourth-order valence-corrected chi connectivity index (χ4v) is 2.27. The summed E-state index contributed by atoms with van der Waals surface area (Å²) in [5.74, 6) is -1.96. The third kappa shape index (κ3) is 3.81. The van der Waals surface area contributed by atoms with E-state index < -0.39 is 11.9 Å². The lowest BCUT2D eigenvalue weighted by Crippen LogP contribution is -2.36. The van der Waals surface area contributed by atoms with Gasteiger partial charge in [-0.05, 0) is 19.1 Å². The minimum absolute atomic E-state index is 0.0429. The molecular weight excluding hydrogens is 272 g/mol. The highest BCUT2D eigenvalue weighted by Crippen LogP contribution is 2.17. The molecule has 0 aromatic heterocycles. The van der Waals surface area contributed by atoms with Gasteiger partial charge in [-0.3, -0.25) is 14.4 Å². The van der Waals surface area contributed by atoms with Crippen molar-refractivity contribution in [3.8, 4) is 0 Å². The second-order valence-electron chi connectivity index (χ2n) is 5.20. The van der Waals surface area contributed by atoms with Crippen molar-refractivity contribution in [2.24, 2.45) is 5.92 Å². The predicted octanol–water partition coefficient (Wildman–Crippen LogP) is 0.658. The third-order valence-electron chi connectivity index (χ3n) is 3.54. The van der Waals surface area contributed by atoms with Gasteiger partial charge in [-0.2, -0.15) is 0 Å². The molecule has 1 unspecified atom stereocenters. The van der Waals surface area contributed by atoms with E-state index in [2.05, 4.69) is 5.32 Å². The summed E-state index contributed by atoms with van der Waals surface area (Å²) in [6, 6.07) is 7.20. The molecule has 0 aliphatic carbocycles. The molecule has 2 amide bonds. The number of carboxylic acids is 1. The van der Waals surface area contributed by atoms with E-state index >= 15 is 0 Å². The number of rotatable bonds is 5. The molecule has 1 heterocycles. The quantitative estimate of drug-likeness (QED) is 0.834. The van der Waals surface area contributed by atoms with Crippen LogP contribution in [0, 0.1) is 12.8 Å². The van der Waals surface area contributed by atoms with Crippen molar-refractivity contribution in [1.82, 2.24) is 10.2 Å². The first kappa shape index (κ1) is 15.0. The largest absolute Gasteiger partial charge is 0.481 e. The van der Waals surface area contributed by atoms with Crippen LogP contribution in [0.25, 0.3) is 0 Å². The van der Waals surface area contributed by atoms with E-state index in [1.807, 2.05) is 19.1 Å². The lowest BCUT2D eigenvalue weighted by Gasteiger charge is -2.16. The Morgan fingerprint density at radius 1 is 1.33 bits per heavy atom. The second kappa shape index (κ2) is 6.39. The number of nitrogens with zero attached hydrogens (tertiary/aromatic N) is 1. The number of likely N-dealkylation sites (tertiary alicyclic amines) is 1. The minimum Gasteiger partial charge on any atom is -0.481 e. The van der Waals surface area contributed by atoms with Crippen LogP contribution < -0.4 is 5.32 Å². The molecule has 1 aliphatic heterocycles. The normalized spacial score (nSPS) is 17.9. The van der Waals surface area contributed by atoms with Gasteiger partial charge in [-0.1, -0.05) is 17.7 Å². The Labute approximate surface area is 122 Å². The van der Waals surface area contributed by atoms with Gasteiger partial charge in [0.05, 0.1) is 5.92 Å². The summed E-state index contributed by atoms with van der Waals surface area (Å²) in [5, 5.41) is 11.6. The minimum atomic E-state index is -0.949. The highest BCUT2D eigenvalue weighted by Gasteiger charge is 2.33. The van der Waals surface area contributed by atoms with Gasteiger partial charge in [-0.15, -0.1) is 0 Å². The Kier molecular flexibility index (Phi) is 4.57. The number of benzene rings is 1. The van der Waals surface area contributed by atoms with Crippen molar-refractivity contribution in [1.29, 1.82) is 0 Å². The number of carboxylic acid groups (broad SMARTS) is 1. The summed E-state index contributed by atoms with van der Waals surface area (Å²) in [7, 11) is 0. The average molecular weight is 290 g/mol. The van der Waals surface area contributed by atoms with Gasteiger partial charge in [0.15, 0.2) is 0 Å². The molecule has 0 spiro atoms. The fraction of sp³-hybridized carbons (Fsp3) is 0.400. The molecule has 1 aromatic carbocycles. The molecule has 1 aromatic rings. The van der Waals surface area contributed by atoms with Crippen molar-refractivity contribution in [2.75, 3.05) is 19.6 Å². The zero-order valence-corrected chi connectivity index (χ0v) is 11.8. The number of carbonyl (C=O) groups is 3. The second-order valence-corrected chi connectivity index (χ2v) is 5.20. The summed E-state index contributed by atoms with van der Waals surface area (Å²) in [5.41, 5.74) is 1.64. The highest BCUT2D eigenvalue weighted by atomic mass is 16.4. The molecule has 0 saturated carbocycles. The molecular formula is C15H18N2O4. The summed E-state index contributed by atoms with van der Waals surface area (Å²) in [4.78, 5) is 35.8. The first-order valence-corrected chi connectivity index (χ1v) is 6.83. The molecule has 1 saturated heterocycles. The standard InChI is InChI=1S/C15H18N2O4/c1-10-2-4-11(5-3-10)14(19)16-6-7-17-9-12(15(20)21)8-13(17)18/h2-5,12H,6-9H2,1H3,(H,16,19)(H,20,21). The smallest absolute Gasteiger partial charge is 0.308 e. The summed E-state index contributed by atoms with van der Waals surface area (Å²) >= 11 is 0. The lowest BCUT2D eigenvalue weighted by atomic mass is 10.1. The molecule has 1 fully saturated rings. The van der Waals surface area contributed by atoms with Gasteiger partial charge < -0.3 is 15.3 Å². The summed E-state index contributed by atoms with van der Waals surface area (Å²) < 4.78 is 0. The number of aryl methyl sites for hydroxylation is 1. The van der Waals surface area contributed by atoms with Gasteiger partial charge in [0.1, 0.15) is 0 Å². The molecule has 2 N–H and O–H groups in total. The van der Waals surface area contributed by atoms with E-state index in [1.165, 1.54) is 4.90 Å². The number of amides is 2. The molecule has 2 rings (SSSR count). The van der Waals surface area contributed by atoms with Gasteiger partial charge in [0.25, 0.3) is 5.91 Å². The van der Waals surface area contributed by atoms with Gasteiger partial charge in [0, 0.05) is 31.6 Å². The molecule has 112 valence electrons. The SMILES string of the molecule is Cc1ccc(C(=O)NCCN2CC(C(=O)O)CC2=O)cc1. The Morgan fingerprint density at radius 2 is 2.00 bits per heavy atom. The topological polar surface area (TPSA) is 86.7 Å².